The summed E-state index contributed by atoms with van der Waals surface area (Å²) < 4.78 is 0. The number of carbonyl (C=O) groups excluding carboxylic acids is 1. The van der Waals surface area contributed by atoms with Crippen LogP contribution in [0, 0.1) is 5.92 Å². The average Bonchev–Trinajstić information content (AvgIpc) is 3.23. The molecule has 1 aliphatic heterocycles. The molecule has 3 heterocycles. The molecule has 0 radical (unpaired) electrons. The highest BCUT2D eigenvalue weighted by molar-refractivity contribution is 7.15. The minimum Gasteiger partial charge on any atom is -0.342 e. The van der Waals surface area contributed by atoms with Gasteiger partial charge in [-0.3, -0.25) is 9.78 Å². The highest BCUT2D eigenvalue weighted by Gasteiger charge is 2.31. The van der Waals surface area contributed by atoms with Gasteiger partial charge in [-0.25, -0.2) is 4.98 Å². The molecule has 22 heavy (non-hydrogen) atoms. The lowest BCUT2D eigenvalue weighted by Crippen LogP contribution is -2.36. The third-order valence-electron chi connectivity index (χ3n) is 4.59. The highest BCUT2D eigenvalue weighted by atomic mass is 32.1. The van der Waals surface area contributed by atoms with Crippen LogP contribution in [0.3, 0.4) is 0 Å². The number of amides is 1. The number of aryl methyl sites for hydroxylation is 1. The summed E-state index contributed by atoms with van der Waals surface area (Å²) in [6, 6.07) is 5.90. The molecule has 4 rings (SSSR count). The minimum absolute atomic E-state index is 0.155. The molecule has 0 spiro atoms. The van der Waals surface area contributed by atoms with Crippen LogP contribution in [0.1, 0.15) is 29.8 Å². The molecule has 2 aromatic heterocycles. The number of aromatic nitrogens is 2. The Kier molecular flexibility index (Phi) is 3.66. The molecule has 0 bridgehead atoms. The van der Waals surface area contributed by atoms with Crippen molar-refractivity contribution in [3.05, 3.63) is 35.0 Å². The summed E-state index contributed by atoms with van der Waals surface area (Å²) in [6.45, 7) is 1.90. The predicted octanol–water partition coefficient (Wildman–Crippen LogP) is 2.93. The van der Waals surface area contributed by atoms with Crippen LogP contribution in [0.5, 0.6) is 0 Å². The van der Waals surface area contributed by atoms with Crippen molar-refractivity contribution < 1.29 is 4.79 Å². The standard InChI is InChI=1S/C17H19N3OS/c21-17(20-9-3-4-10-20)12-6-7-13-15(11-12)22-16(19-13)14-5-1-2-8-18-14/h1-2,5,8,12H,3-4,6-7,9-11H2. The zero-order valence-corrected chi connectivity index (χ0v) is 13.3. The number of likely N-dealkylation sites (tertiary alicyclic amines) is 1. The lowest BCUT2D eigenvalue weighted by Gasteiger charge is -2.25. The van der Waals surface area contributed by atoms with Crippen LogP contribution >= 0.6 is 11.3 Å². The third kappa shape index (κ3) is 2.54. The molecule has 114 valence electrons. The van der Waals surface area contributed by atoms with Crippen LogP contribution in [-0.2, 0) is 17.6 Å². The van der Waals surface area contributed by atoms with Gasteiger partial charge in [0.05, 0.1) is 11.4 Å². The normalized spacial score (nSPS) is 20.9. The zero-order chi connectivity index (χ0) is 14.9. The Morgan fingerprint density at radius 3 is 2.91 bits per heavy atom. The molecule has 0 N–H and O–H groups in total. The lowest BCUT2D eigenvalue weighted by atomic mass is 9.90. The number of hydrogen-bond acceptors (Lipinski definition) is 4. The van der Waals surface area contributed by atoms with Crippen LogP contribution in [0.15, 0.2) is 24.4 Å². The van der Waals surface area contributed by atoms with Crippen molar-refractivity contribution in [1.29, 1.82) is 0 Å². The van der Waals surface area contributed by atoms with Crippen LogP contribution in [0.2, 0.25) is 0 Å². The molecule has 1 fully saturated rings. The fourth-order valence-corrected chi connectivity index (χ4v) is 4.54. The Bertz CT molecular complexity index is 676. The van der Waals surface area contributed by atoms with Crippen molar-refractivity contribution in [2.45, 2.75) is 32.1 Å². The highest BCUT2D eigenvalue weighted by Crippen LogP contribution is 2.34. The van der Waals surface area contributed by atoms with Crippen molar-refractivity contribution in [3.8, 4) is 10.7 Å². The fraction of sp³-hybridized carbons (Fsp3) is 0.471. The van der Waals surface area contributed by atoms with Gasteiger partial charge in [0.15, 0.2) is 0 Å². The summed E-state index contributed by atoms with van der Waals surface area (Å²) in [5.74, 6) is 0.513. The molecule has 1 amide bonds. The molecular weight excluding hydrogens is 294 g/mol. The number of hydrogen-bond donors (Lipinski definition) is 0. The van der Waals surface area contributed by atoms with Crippen molar-refractivity contribution in [1.82, 2.24) is 14.9 Å². The molecule has 2 aromatic rings. The zero-order valence-electron chi connectivity index (χ0n) is 12.5. The molecular formula is C17H19N3OS. The summed E-state index contributed by atoms with van der Waals surface area (Å²) in [5, 5.41) is 0.986. The lowest BCUT2D eigenvalue weighted by molar-refractivity contribution is -0.134. The largest absolute Gasteiger partial charge is 0.342 e. The first-order valence-electron chi connectivity index (χ1n) is 8.00. The summed E-state index contributed by atoms with van der Waals surface area (Å²) in [5.41, 5.74) is 2.11. The molecule has 1 atom stereocenters. The number of carbonyl (C=O) groups is 1. The fourth-order valence-electron chi connectivity index (χ4n) is 3.38. The SMILES string of the molecule is O=C(C1CCc2nc(-c3ccccn3)sc2C1)N1CCCC1. The van der Waals surface area contributed by atoms with E-state index in [0.717, 1.165) is 55.9 Å². The van der Waals surface area contributed by atoms with E-state index in [9.17, 15) is 4.79 Å². The van der Waals surface area contributed by atoms with E-state index in [1.807, 2.05) is 18.2 Å². The van der Waals surface area contributed by atoms with Gasteiger partial charge in [-0.15, -0.1) is 11.3 Å². The number of fused-ring (bicyclic) bond motifs is 1. The molecule has 5 heteroatoms. The van der Waals surface area contributed by atoms with E-state index in [1.54, 1.807) is 17.5 Å². The second-order valence-electron chi connectivity index (χ2n) is 6.08. The van der Waals surface area contributed by atoms with Gasteiger partial charge in [0.25, 0.3) is 0 Å². The monoisotopic (exact) mass is 313 g/mol. The van der Waals surface area contributed by atoms with E-state index < -0.39 is 0 Å². The Morgan fingerprint density at radius 1 is 1.27 bits per heavy atom. The van der Waals surface area contributed by atoms with Gasteiger partial charge in [0, 0.05) is 30.1 Å². The second-order valence-corrected chi connectivity index (χ2v) is 7.16. The van der Waals surface area contributed by atoms with E-state index >= 15 is 0 Å². The Balaban J connectivity index is 1.54. The summed E-state index contributed by atoms with van der Waals surface area (Å²) in [7, 11) is 0. The summed E-state index contributed by atoms with van der Waals surface area (Å²) in [4.78, 5) is 25.0. The number of pyridine rings is 1. The van der Waals surface area contributed by atoms with E-state index in [4.69, 9.17) is 4.98 Å². The van der Waals surface area contributed by atoms with Gasteiger partial charge >= 0.3 is 0 Å². The Hall–Kier alpha value is -1.75. The maximum absolute atomic E-state index is 12.6. The first kappa shape index (κ1) is 13.9. The summed E-state index contributed by atoms with van der Waals surface area (Å²) >= 11 is 1.71. The second kappa shape index (κ2) is 5.80. The van der Waals surface area contributed by atoms with Crippen molar-refractivity contribution in [3.63, 3.8) is 0 Å². The van der Waals surface area contributed by atoms with Gasteiger partial charge in [0.1, 0.15) is 5.01 Å². The Morgan fingerprint density at radius 2 is 2.14 bits per heavy atom. The van der Waals surface area contributed by atoms with Crippen molar-refractivity contribution >= 4 is 17.2 Å². The van der Waals surface area contributed by atoms with Crippen LogP contribution in [0.25, 0.3) is 10.7 Å². The van der Waals surface area contributed by atoms with E-state index in [2.05, 4.69) is 9.88 Å². The van der Waals surface area contributed by atoms with Gasteiger partial charge in [0.2, 0.25) is 5.91 Å². The number of nitrogens with zero attached hydrogens (tertiary/aromatic N) is 3. The molecule has 1 saturated heterocycles. The van der Waals surface area contributed by atoms with Gasteiger partial charge in [-0.05, 0) is 44.2 Å². The quantitative estimate of drug-likeness (QED) is 0.856. The summed E-state index contributed by atoms with van der Waals surface area (Å²) in [6.07, 6.45) is 6.84. The minimum atomic E-state index is 0.155. The smallest absolute Gasteiger partial charge is 0.226 e. The number of thiazole rings is 1. The van der Waals surface area contributed by atoms with Gasteiger partial charge in [-0.2, -0.15) is 0 Å². The molecule has 0 saturated carbocycles. The first-order chi connectivity index (χ1) is 10.8. The molecule has 4 nitrogen and oxygen atoms in total. The van der Waals surface area contributed by atoms with E-state index in [0.29, 0.717) is 5.91 Å². The molecule has 1 unspecified atom stereocenters. The molecule has 2 aliphatic rings. The average molecular weight is 313 g/mol. The van der Waals surface area contributed by atoms with Crippen molar-refractivity contribution in [2.75, 3.05) is 13.1 Å². The van der Waals surface area contributed by atoms with Crippen LogP contribution < -0.4 is 0 Å². The van der Waals surface area contributed by atoms with Crippen LogP contribution in [0.4, 0.5) is 0 Å². The van der Waals surface area contributed by atoms with E-state index in [1.165, 1.54) is 10.6 Å². The maximum atomic E-state index is 12.6. The predicted molar refractivity (Wildman–Crippen MR) is 86.7 cm³/mol. The Labute approximate surface area is 134 Å². The van der Waals surface area contributed by atoms with Crippen molar-refractivity contribution in [2.24, 2.45) is 5.92 Å². The third-order valence-corrected chi connectivity index (χ3v) is 5.73. The topological polar surface area (TPSA) is 46.1 Å². The maximum Gasteiger partial charge on any atom is 0.226 e. The molecule has 1 aliphatic carbocycles. The number of rotatable bonds is 2. The van der Waals surface area contributed by atoms with Gasteiger partial charge < -0.3 is 4.90 Å². The molecule has 0 aromatic carbocycles. The van der Waals surface area contributed by atoms with Gasteiger partial charge in [-0.1, -0.05) is 6.07 Å². The van der Waals surface area contributed by atoms with E-state index in [-0.39, 0.29) is 5.92 Å². The van der Waals surface area contributed by atoms with Crippen LogP contribution in [-0.4, -0.2) is 33.9 Å². The first-order valence-corrected chi connectivity index (χ1v) is 8.81.